The minimum atomic E-state index is -0.434. The summed E-state index contributed by atoms with van der Waals surface area (Å²) >= 11 is 1.40. The zero-order valence-corrected chi connectivity index (χ0v) is 18.8. The molecule has 3 amide bonds. The molecule has 0 unspecified atom stereocenters. The third-order valence-corrected chi connectivity index (χ3v) is 7.43. The van der Waals surface area contributed by atoms with E-state index in [1.165, 1.54) is 23.1 Å². The summed E-state index contributed by atoms with van der Waals surface area (Å²) in [6.07, 6.45) is 5.60. The lowest BCUT2D eigenvalue weighted by Gasteiger charge is -2.20. The molecule has 162 valence electrons. The summed E-state index contributed by atoms with van der Waals surface area (Å²) in [6.45, 7) is 3.98. The molecular weight excluding hydrogens is 408 g/mol. The number of hydrogen-bond acceptors (Lipinski definition) is 4. The number of thioether (sulfide) groups is 1. The Kier molecular flexibility index (Phi) is 6.46. The van der Waals surface area contributed by atoms with Crippen LogP contribution in [0, 0.1) is 19.8 Å². The van der Waals surface area contributed by atoms with Gasteiger partial charge in [0.2, 0.25) is 17.7 Å². The van der Waals surface area contributed by atoms with Gasteiger partial charge in [-0.2, -0.15) is 0 Å². The second kappa shape index (κ2) is 9.27. The van der Waals surface area contributed by atoms with Crippen LogP contribution >= 0.6 is 11.8 Å². The molecule has 1 saturated carbocycles. The molecule has 2 fully saturated rings. The molecule has 0 spiro atoms. The minimum absolute atomic E-state index is 0.0979. The maximum Gasteiger partial charge on any atom is 0.247 e. The molecule has 5 nitrogen and oxygen atoms in total. The number of rotatable bonds is 5. The highest BCUT2D eigenvalue weighted by atomic mass is 32.2. The van der Waals surface area contributed by atoms with Crippen LogP contribution in [0.4, 0.5) is 11.4 Å². The standard InChI is InChI=1S/C25H28N2O3S/c1-16-8-11-20(14-17(16)2)27-23(28)15-22(25(27)30)31-21-12-9-19(10-13-21)26-24(29)18-6-4-3-5-7-18/h8-14,18,22H,3-7,15H2,1-2H3,(H,26,29)/t22-/m1/s1. The van der Waals surface area contributed by atoms with Crippen LogP contribution in [-0.4, -0.2) is 23.0 Å². The first-order valence-electron chi connectivity index (χ1n) is 10.9. The Morgan fingerprint density at radius 3 is 2.35 bits per heavy atom. The van der Waals surface area contributed by atoms with Gasteiger partial charge in [-0.05, 0) is 74.2 Å². The minimum Gasteiger partial charge on any atom is -0.326 e. The first kappa shape index (κ1) is 21.6. The number of hydrogen-bond donors (Lipinski definition) is 1. The SMILES string of the molecule is Cc1ccc(N2C(=O)C[C@@H](Sc3ccc(NC(=O)C4CCCCC4)cc3)C2=O)cc1C. The predicted octanol–water partition coefficient (Wildman–Crippen LogP) is 5.25. The third kappa shape index (κ3) is 4.85. The van der Waals surface area contributed by atoms with Crippen molar-refractivity contribution in [1.82, 2.24) is 0 Å². The number of carbonyl (C=O) groups is 3. The van der Waals surface area contributed by atoms with Crippen molar-refractivity contribution in [2.45, 2.75) is 62.5 Å². The number of imide groups is 1. The van der Waals surface area contributed by atoms with Crippen molar-refractivity contribution in [1.29, 1.82) is 0 Å². The van der Waals surface area contributed by atoms with Gasteiger partial charge >= 0.3 is 0 Å². The number of anilines is 2. The van der Waals surface area contributed by atoms with Crippen molar-refractivity contribution >= 4 is 40.9 Å². The number of amides is 3. The molecule has 2 aromatic carbocycles. The maximum atomic E-state index is 12.9. The fraction of sp³-hybridized carbons (Fsp3) is 0.400. The van der Waals surface area contributed by atoms with Crippen LogP contribution in [0.25, 0.3) is 0 Å². The first-order chi connectivity index (χ1) is 14.9. The van der Waals surface area contributed by atoms with E-state index in [1.54, 1.807) is 0 Å². The molecule has 2 aromatic rings. The van der Waals surface area contributed by atoms with Crippen LogP contribution in [0.15, 0.2) is 47.4 Å². The van der Waals surface area contributed by atoms with Gasteiger partial charge in [0.05, 0.1) is 10.9 Å². The van der Waals surface area contributed by atoms with E-state index in [4.69, 9.17) is 0 Å². The molecule has 1 saturated heterocycles. The molecule has 31 heavy (non-hydrogen) atoms. The van der Waals surface area contributed by atoms with Gasteiger partial charge in [-0.3, -0.25) is 14.4 Å². The fourth-order valence-corrected chi connectivity index (χ4v) is 5.28. The van der Waals surface area contributed by atoms with Crippen molar-refractivity contribution in [3.8, 4) is 0 Å². The zero-order valence-electron chi connectivity index (χ0n) is 18.0. The molecular formula is C25H28N2O3S. The summed E-state index contributed by atoms with van der Waals surface area (Å²) in [5.41, 5.74) is 3.59. The van der Waals surface area contributed by atoms with Gasteiger partial charge in [-0.15, -0.1) is 11.8 Å². The Bertz CT molecular complexity index is 996. The van der Waals surface area contributed by atoms with Crippen molar-refractivity contribution in [2.24, 2.45) is 5.92 Å². The van der Waals surface area contributed by atoms with Crippen LogP contribution in [0.5, 0.6) is 0 Å². The number of aryl methyl sites for hydroxylation is 2. The van der Waals surface area contributed by atoms with Crippen LogP contribution < -0.4 is 10.2 Å². The summed E-state index contributed by atoms with van der Waals surface area (Å²) in [6, 6.07) is 13.2. The highest BCUT2D eigenvalue weighted by Gasteiger charge is 2.40. The molecule has 6 heteroatoms. The van der Waals surface area contributed by atoms with Crippen molar-refractivity contribution in [3.05, 3.63) is 53.6 Å². The van der Waals surface area contributed by atoms with Gasteiger partial charge in [-0.25, -0.2) is 4.90 Å². The molecule has 1 heterocycles. The first-order valence-corrected chi connectivity index (χ1v) is 11.8. The Labute approximate surface area is 187 Å². The normalized spacial score (nSPS) is 19.7. The highest BCUT2D eigenvalue weighted by molar-refractivity contribution is 8.00. The Morgan fingerprint density at radius 2 is 1.68 bits per heavy atom. The van der Waals surface area contributed by atoms with Crippen LogP contribution in [0.3, 0.4) is 0 Å². The van der Waals surface area contributed by atoms with E-state index < -0.39 is 5.25 Å². The van der Waals surface area contributed by atoms with E-state index in [0.717, 1.165) is 47.4 Å². The molecule has 0 bridgehead atoms. The zero-order chi connectivity index (χ0) is 22.0. The topological polar surface area (TPSA) is 66.5 Å². The average molecular weight is 437 g/mol. The van der Waals surface area contributed by atoms with E-state index in [2.05, 4.69) is 5.32 Å². The van der Waals surface area contributed by atoms with Crippen LogP contribution in [0.1, 0.15) is 49.7 Å². The predicted molar refractivity (Wildman–Crippen MR) is 124 cm³/mol. The number of benzene rings is 2. The summed E-state index contributed by atoms with van der Waals surface area (Å²) in [7, 11) is 0. The van der Waals surface area contributed by atoms with Crippen LogP contribution in [0.2, 0.25) is 0 Å². The maximum absolute atomic E-state index is 12.9. The molecule has 0 radical (unpaired) electrons. The summed E-state index contributed by atoms with van der Waals surface area (Å²) < 4.78 is 0. The Hall–Kier alpha value is -2.60. The number of nitrogens with one attached hydrogen (secondary N) is 1. The summed E-state index contributed by atoms with van der Waals surface area (Å²) in [4.78, 5) is 40.1. The molecule has 1 atom stereocenters. The van der Waals surface area contributed by atoms with Crippen molar-refractivity contribution in [2.75, 3.05) is 10.2 Å². The summed E-state index contributed by atoms with van der Waals surface area (Å²) in [5.74, 6) is -0.128. The summed E-state index contributed by atoms with van der Waals surface area (Å²) in [5, 5.41) is 2.58. The van der Waals surface area contributed by atoms with E-state index in [1.807, 2.05) is 56.3 Å². The van der Waals surface area contributed by atoms with Crippen molar-refractivity contribution < 1.29 is 14.4 Å². The van der Waals surface area contributed by atoms with Gasteiger partial charge in [0.25, 0.3) is 0 Å². The third-order valence-electron chi connectivity index (χ3n) is 6.23. The monoisotopic (exact) mass is 436 g/mol. The smallest absolute Gasteiger partial charge is 0.247 e. The van der Waals surface area contributed by atoms with E-state index in [9.17, 15) is 14.4 Å². The van der Waals surface area contributed by atoms with Gasteiger partial charge in [0, 0.05) is 22.9 Å². The van der Waals surface area contributed by atoms with Gasteiger partial charge in [-0.1, -0.05) is 25.3 Å². The second-order valence-corrected chi connectivity index (χ2v) is 9.77. The van der Waals surface area contributed by atoms with Crippen LogP contribution in [-0.2, 0) is 14.4 Å². The molecule has 4 rings (SSSR count). The quantitative estimate of drug-likeness (QED) is 0.651. The fourth-order valence-electron chi connectivity index (χ4n) is 4.22. The molecule has 0 aromatic heterocycles. The lowest BCUT2D eigenvalue weighted by molar-refractivity contribution is -0.122. The number of carbonyl (C=O) groups excluding carboxylic acids is 3. The Balaban J connectivity index is 1.39. The van der Waals surface area contributed by atoms with Gasteiger partial charge < -0.3 is 5.32 Å². The second-order valence-electron chi connectivity index (χ2n) is 8.50. The van der Waals surface area contributed by atoms with E-state index in [0.29, 0.717) is 5.69 Å². The van der Waals surface area contributed by atoms with Gasteiger partial charge in [0.1, 0.15) is 0 Å². The Morgan fingerprint density at radius 1 is 0.968 bits per heavy atom. The van der Waals surface area contributed by atoms with E-state index >= 15 is 0 Å². The van der Waals surface area contributed by atoms with Gasteiger partial charge in [0.15, 0.2) is 0 Å². The lowest BCUT2D eigenvalue weighted by Crippen LogP contribution is -2.31. The average Bonchev–Trinajstić information content (AvgIpc) is 3.05. The lowest BCUT2D eigenvalue weighted by atomic mass is 9.88. The molecule has 2 aliphatic rings. The largest absolute Gasteiger partial charge is 0.326 e. The number of nitrogens with zero attached hydrogens (tertiary/aromatic N) is 1. The van der Waals surface area contributed by atoms with E-state index in [-0.39, 0.29) is 30.1 Å². The van der Waals surface area contributed by atoms with Crippen molar-refractivity contribution in [3.63, 3.8) is 0 Å². The highest BCUT2D eigenvalue weighted by Crippen LogP contribution is 2.35. The molecule has 1 N–H and O–H groups in total. The molecule has 1 aliphatic heterocycles. The molecule has 1 aliphatic carbocycles.